The van der Waals surface area contributed by atoms with Crippen molar-refractivity contribution in [3.8, 4) is 11.8 Å². The van der Waals surface area contributed by atoms with E-state index in [1.807, 2.05) is 3.93 Å². The van der Waals surface area contributed by atoms with E-state index in [1.54, 1.807) is 0 Å². The van der Waals surface area contributed by atoms with Gasteiger partial charge in [-0.3, -0.25) is 3.93 Å². The first-order chi connectivity index (χ1) is 13.5. The molecule has 0 spiro atoms. The Morgan fingerprint density at radius 2 is 2.00 bits per heavy atom. The average Bonchev–Trinajstić information content (AvgIpc) is 3.45. The maximum Gasteiger partial charge on any atom is 0.0978 e. The number of nitrogens with zero attached hydrogens (tertiary/aromatic N) is 2. The van der Waals surface area contributed by atoms with Crippen molar-refractivity contribution in [1.82, 2.24) is 0 Å². The summed E-state index contributed by atoms with van der Waals surface area (Å²) in [5.41, 5.74) is 6.91. The van der Waals surface area contributed by atoms with E-state index in [1.165, 1.54) is 35.2 Å². The van der Waals surface area contributed by atoms with Gasteiger partial charge in [-0.2, -0.15) is 0 Å². The van der Waals surface area contributed by atoms with Crippen molar-refractivity contribution in [2.24, 2.45) is 0 Å². The van der Waals surface area contributed by atoms with Crippen LogP contribution in [-0.2, 0) is 5.41 Å². The van der Waals surface area contributed by atoms with Gasteiger partial charge in [-0.1, -0.05) is 48.9 Å². The smallest absolute Gasteiger partial charge is 0.0978 e. The largest absolute Gasteiger partial charge is 0.371 e. The van der Waals surface area contributed by atoms with E-state index >= 15 is 0 Å². The van der Waals surface area contributed by atoms with E-state index < -0.39 is 0 Å². The molecular formula is C25H27BrN2. The van der Waals surface area contributed by atoms with Gasteiger partial charge < -0.3 is 4.90 Å². The van der Waals surface area contributed by atoms with Crippen LogP contribution in [0.4, 0.5) is 11.4 Å². The normalized spacial score (nSPS) is 22.9. The summed E-state index contributed by atoms with van der Waals surface area (Å²) in [7, 11) is 0. The molecule has 1 aromatic rings. The number of allylic oxidation sites excluding steroid dienone is 6. The van der Waals surface area contributed by atoms with E-state index in [-0.39, 0.29) is 5.41 Å². The first kappa shape index (κ1) is 19.2. The third kappa shape index (κ3) is 3.25. The fourth-order valence-corrected chi connectivity index (χ4v) is 5.02. The Labute approximate surface area is 177 Å². The van der Waals surface area contributed by atoms with Gasteiger partial charge in [-0.05, 0) is 50.3 Å². The van der Waals surface area contributed by atoms with Gasteiger partial charge in [0.15, 0.2) is 0 Å². The van der Waals surface area contributed by atoms with Crippen molar-refractivity contribution in [3.05, 3.63) is 72.0 Å². The van der Waals surface area contributed by atoms with Crippen LogP contribution in [0.5, 0.6) is 0 Å². The molecule has 3 aliphatic rings. The summed E-state index contributed by atoms with van der Waals surface area (Å²) in [6, 6.07) is 6.54. The van der Waals surface area contributed by atoms with Gasteiger partial charge in [0, 0.05) is 36.5 Å². The highest BCUT2D eigenvalue weighted by molar-refractivity contribution is 9.10. The summed E-state index contributed by atoms with van der Waals surface area (Å²) in [5.74, 6) is 7.03. The van der Waals surface area contributed by atoms with Crippen LogP contribution >= 0.6 is 16.1 Å². The summed E-state index contributed by atoms with van der Waals surface area (Å²) >= 11 is 3.72. The highest BCUT2D eigenvalue weighted by Gasteiger charge is 2.44. The predicted octanol–water partition coefficient (Wildman–Crippen LogP) is 6.41. The molecule has 1 aromatic carbocycles. The fraction of sp³-hybridized carbons (Fsp3) is 0.360. The molecule has 0 amide bonds. The summed E-state index contributed by atoms with van der Waals surface area (Å²) in [6.45, 7) is 13.1. The van der Waals surface area contributed by atoms with E-state index in [2.05, 4.69) is 89.4 Å². The van der Waals surface area contributed by atoms with E-state index in [0.29, 0.717) is 0 Å². The first-order valence-electron chi connectivity index (χ1n) is 10.1. The molecule has 4 rings (SSSR count). The molecule has 1 fully saturated rings. The second kappa shape index (κ2) is 7.68. The van der Waals surface area contributed by atoms with Gasteiger partial charge in [0.25, 0.3) is 0 Å². The summed E-state index contributed by atoms with van der Waals surface area (Å²) in [6.07, 6.45) is 11.7. The zero-order valence-electron chi connectivity index (χ0n) is 16.6. The van der Waals surface area contributed by atoms with Crippen LogP contribution in [0.1, 0.15) is 44.6 Å². The Balaban J connectivity index is 1.59. The van der Waals surface area contributed by atoms with Gasteiger partial charge in [-0.25, -0.2) is 0 Å². The van der Waals surface area contributed by atoms with Crippen molar-refractivity contribution in [2.75, 3.05) is 21.9 Å². The maximum atomic E-state index is 4.37. The number of halogens is 1. The first-order valence-corrected chi connectivity index (χ1v) is 10.8. The summed E-state index contributed by atoms with van der Waals surface area (Å²) in [4.78, 5) is 2.50. The third-order valence-corrected chi connectivity index (χ3v) is 6.92. The highest BCUT2D eigenvalue weighted by Crippen LogP contribution is 2.52. The maximum absolute atomic E-state index is 4.37. The van der Waals surface area contributed by atoms with Crippen molar-refractivity contribution in [1.29, 1.82) is 0 Å². The number of hydrogen-bond acceptors (Lipinski definition) is 2. The van der Waals surface area contributed by atoms with Crippen molar-refractivity contribution < 1.29 is 0 Å². The number of fused-ring (bicyclic) bond motifs is 1. The summed E-state index contributed by atoms with van der Waals surface area (Å²) in [5, 5.41) is 0. The Bertz CT molecular complexity index is 937. The molecule has 1 atom stereocenters. The SMILES string of the molecule is C=C(CCC#CC1(C)C(=C)N(Br)c2cccc(N3CCCC3)c21)C1=CC=CC1. The van der Waals surface area contributed by atoms with Gasteiger partial charge in [0.05, 0.1) is 27.2 Å². The van der Waals surface area contributed by atoms with Crippen LogP contribution in [0.3, 0.4) is 0 Å². The van der Waals surface area contributed by atoms with Crippen LogP contribution in [0.25, 0.3) is 0 Å². The molecule has 0 saturated carbocycles. The predicted molar refractivity (Wildman–Crippen MR) is 124 cm³/mol. The zero-order chi connectivity index (χ0) is 19.7. The van der Waals surface area contributed by atoms with Gasteiger partial charge in [0.2, 0.25) is 0 Å². The number of rotatable bonds is 4. The minimum atomic E-state index is -0.381. The molecule has 2 nitrogen and oxygen atoms in total. The lowest BCUT2D eigenvalue weighted by atomic mass is 9.81. The van der Waals surface area contributed by atoms with Crippen LogP contribution in [0, 0.1) is 11.8 Å². The average molecular weight is 435 g/mol. The van der Waals surface area contributed by atoms with E-state index in [0.717, 1.165) is 43.7 Å². The minimum Gasteiger partial charge on any atom is -0.371 e. The summed E-state index contributed by atoms with van der Waals surface area (Å²) < 4.78 is 2.03. The Hall–Kier alpha value is -2.18. The van der Waals surface area contributed by atoms with Crippen LogP contribution in [-0.4, -0.2) is 13.1 Å². The molecule has 2 heterocycles. The topological polar surface area (TPSA) is 6.48 Å². The molecular weight excluding hydrogens is 408 g/mol. The van der Waals surface area contributed by atoms with Gasteiger partial charge in [-0.15, -0.1) is 5.92 Å². The number of hydrogen-bond donors (Lipinski definition) is 0. The second-order valence-corrected chi connectivity index (χ2v) is 8.66. The lowest BCUT2D eigenvalue weighted by molar-refractivity contribution is 0.758. The van der Waals surface area contributed by atoms with Crippen molar-refractivity contribution in [3.63, 3.8) is 0 Å². The molecule has 3 heteroatoms. The van der Waals surface area contributed by atoms with Crippen LogP contribution in [0.15, 0.2) is 66.4 Å². The van der Waals surface area contributed by atoms with Crippen LogP contribution < -0.4 is 8.83 Å². The van der Waals surface area contributed by atoms with Crippen molar-refractivity contribution >= 4 is 27.5 Å². The van der Waals surface area contributed by atoms with Gasteiger partial charge in [0.1, 0.15) is 0 Å². The standard InChI is InChI=1S/C25H27BrN2/c1-19(21-12-4-5-13-21)11-6-7-16-25(3)20(2)28(26)23-15-10-14-22(24(23)25)27-17-8-9-18-27/h4-5,10,12,14-15H,1-2,6,8-9,11,13,17-18H2,3H3. The molecule has 28 heavy (non-hydrogen) atoms. The van der Waals surface area contributed by atoms with E-state index in [9.17, 15) is 0 Å². The minimum absolute atomic E-state index is 0.381. The zero-order valence-corrected chi connectivity index (χ0v) is 18.2. The van der Waals surface area contributed by atoms with Crippen LogP contribution in [0.2, 0.25) is 0 Å². The molecule has 144 valence electrons. The lowest BCUT2D eigenvalue weighted by Gasteiger charge is -2.27. The lowest BCUT2D eigenvalue weighted by Crippen LogP contribution is -2.26. The molecule has 1 aliphatic carbocycles. The number of benzene rings is 1. The molecule has 1 saturated heterocycles. The fourth-order valence-electron chi connectivity index (χ4n) is 4.37. The molecule has 2 aliphatic heterocycles. The van der Waals surface area contributed by atoms with Gasteiger partial charge >= 0.3 is 0 Å². The van der Waals surface area contributed by atoms with E-state index in [4.69, 9.17) is 0 Å². The third-order valence-electron chi connectivity index (χ3n) is 6.11. The molecule has 0 aromatic heterocycles. The molecule has 0 bridgehead atoms. The second-order valence-electron chi connectivity index (χ2n) is 7.95. The Morgan fingerprint density at radius 1 is 1.25 bits per heavy atom. The quantitative estimate of drug-likeness (QED) is 0.398. The monoisotopic (exact) mass is 434 g/mol. The molecule has 0 N–H and O–H groups in total. The van der Waals surface area contributed by atoms with Crippen molar-refractivity contribution in [2.45, 2.75) is 44.4 Å². The Morgan fingerprint density at radius 3 is 2.71 bits per heavy atom. The number of anilines is 2. The molecule has 1 unspecified atom stereocenters. The highest BCUT2D eigenvalue weighted by atomic mass is 79.9. The molecule has 0 radical (unpaired) electrons. The Kier molecular flexibility index (Phi) is 5.25.